The van der Waals surface area contributed by atoms with Crippen molar-refractivity contribution in [3.05, 3.63) is 27.8 Å². The van der Waals surface area contributed by atoms with E-state index in [0.29, 0.717) is 11.6 Å². The van der Waals surface area contributed by atoms with Crippen molar-refractivity contribution in [1.82, 2.24) is 5.32 Å². The minimum atomic E-state index is -0.635. The normalized spacial score (nSPS) is 12.1. The Labute approximate surface area is 121 Å². The van der Waals surface area contributed by atoms with E-state index in [4.69, 9.17) is 0 Å². The molecule has 0 aliphatic rings. The number of benzene rings is 1. The standard InChI is InChI=1S/C13H17IN2O2/c1-8(2)9(3)15-12(17)13(18)16-11-6-4-10(14)5-7-11/h4-9H,1-3H3,(H,15,17)(H,16,18)/t9-/m0/s1. The van der Waals surface area contributed by atoms with Gasteiger partial charge in [-0.05, 0) is 59.7 Å². The molecule has 0 aromatic heterocycles. The quantitative estimate of drug-likeness (QED) is 0.643. The summed E-state index contributed by atoms with van der Waals surface area (Å²) >= 11 is 2.17. The molecule has 18 heavy (non-hydrogen) atoms. The molecule has 0 heterocycles. The molecule has 1 rings (SSSR count). The Bertz CT molecular complexity index is 429. The molecule has 0 bridgehead atoms. The lowest BCUT2D eigenvalue weighted by atomic mass is 10.1. The van der Waals surface area contributed by atoms with Crippen LogP contribution in [-0.4, -0.2) is 17.9 Å². The molecular weight excluding hydrogens is 343 g/mol. The van der Waals surface area contributed by atoms with E-state index in [2.05, 4.69) is 33.2 Å². The topological polar surface area (TPSA) is 58.2 Å². The van der Waals surface area contributed by atoms with Crippen molar-refractivity contribution < 1.29 is 9.59 Å². The van der Waals surface area contributed by atoms with Crippen LogP contribution >= 0.6 is 22.6 Å². The maximum Gasteiger partial charge on any atom is 0.313 e. The van der Waals surface area contributed by atoms with E-state index < -0.39 is 11.8 Å². The summed E-state index contributed by atoms with van der Waals surface area (Å²) in [6, 6.07) is 7.23. The lowest BCUT2D eigenvalue weighted by Crippen LogP contribution is -2.42. The Morgan fingerprint density at radius 1 is 1.06 bits per heavy atom. The molecule has 0 aliphatic heterocycles. The van der Waals surface area contributed by atoms with Crippen LogP contribution in [0.25, 0.3) is 0 Å². The van der Waals surface area contributed by atoms with Gasteiger partial charge < -0.3 is 10.6 Å². The third-order valence-corrected chi connectivity index (χ3v) is 3.39. The second-order valence-electron chi connectivity index (χ2n) is 4.47. The van der Waals surface area contributed by atoms with E-state index in [1.54, 1.807) is 12.1 Å². The van der Waals surface area contributed by atoms with Crippen LogP contribution in [-0.2, 0) is 9.59 Å². The van der Waals surface area contributed by atoms with E-state index in [0.717, 1.165) is 3.57 Å². The maximum absolute atomic E-state index is 11.6. The average Bonchev–Trinajstić information content (AvgIpc) is 2.31. The second kappa shape index (κ2) is 6.72. The number of nitrogens with one attached hydrogen (secondary N) is 2. The summed E-state index contributed by atoms with van der Waals surface area (Å²) < 4.78 is 1.07. The number of carbonyl (C=O) groups is 2. The zero-order chi connectivity index (χ0) is 13.7. The fourth-order valence-corrected chi connectivity index (χ4v) is 1.52. The summed E-state index contributed by atoms with van der Waals surface area (Å²) in [5, 5.41) is 5.22. The monoisotopic (exact) mass is 360 g/mol. The molecule has 4 nitrogen and oxygen atoms in total. The summed E-state index contributed by atoms with van der Waals surface area (Å²) in [5.74, 6) is -0.946. The molecule has 0 saturated carbocycles. The molecule has 1 aromatic rings. The van der Waals surface area contributed by atoms with E-state index in [9.17, 15) is 9.59 Å². The van der Waals surface area contributed by atoms with Gasteiger partial charge in [-0.3, -0.25) is 9.59 Å². The zero-order valence-corrected chi connectivity index (χ0v) is 12.8. The second-order valence-corrected chi connectivity index (χ2v) is 5.71. The van der Waals surface area contributed by atoms with Gasteiger partial charge in [-0.25, -0.2) is 0 Å². The van der Waals surface area contributed by atoms with Crippen LogP contribution in [0.1, 0.15) is 20.8 Å². The Morgan fingerprint density at radius 3 is 2.11 bits per heavy atom. The van der Waals surface area contributed by atoms with Gasteiger partial charge in [0.15, 0.2) is 0 Å². The fourth-order valence-electron chi connectivity index (χ4n) is 1.16. The van der Waals surface area contributed by atoms with Crippen LogP contribution in [0, 0.1) is 9.49 Å². The van der Waals surface area contributed by atoms with E-state index in [1.807, 2.05) is 32.9 Å². The Hall–Kier alpha value is -1.11. The van der Waals surface area contributed by atoms with Crippen molar-refractivity contribution in [2.75, 3.05) is 5.32 Å². The molecule has 0 unspecified atom stereocenters. The largest absolute Gasteiger partial charge is 0.345 e. The van der Waals surface area contributed by atoms with Gasteiger partial charge in [-0.1, -0.05) is 13.8 Å². The Kier molecular flexibility index (Phi) is 5.58. The molecule has 1 aromatic carbocycles. The summed E-state index contributed by atoms with van der Waals surface area (Å²) in [6.07, 6.45) is 0. The van der Waals surface area contributed by atoms with E-state index >= 15 is 0 Å². The SMILES string of the molecule is CC(C)[C@H](C)NC(=O)C(=O)Nc1ccc(I)cc1. The van der Waals surface area contributed by atoms with Crippen LogP contribution in [0.15, 0.2) is 24.3 Å². The number of carbonyl (C=O) groups excluding carboxylic acids is 2. The molecule has 0 spiro atoms. The first-order valence-electron chi connectivity index (χ1n) is 5.77. The first-order valence-corrected chi connectivity index (χ1v) is 6.85. The summed E-state index contributed by atoms with van der Waals surface area (Å²) in [6.45, 7) is 5.85. The van der Waals surface area contributed by atoms with Crippen molar-refractivity contribution in [1.29, 1.82) is 0 Å². The van der Waals surface area contributed by atoms with Crippen molar-refractivity contribution in [3.63, 3.8) is 0 Å². The highest BCUT2D eigenvalue weighted by molar-refractivity contribution is 14.1. The van der Waals surface area contributed by atoms with Gasteiger partial charge in [0.2, 0.25) is 0 Å². The summed E-state index contributed by atoms with van der Waals surface area (Å²) in [7, 11) is 0. The molecular formula is C13H17IN2O2. The van der Waals surface area contributed by atoms with Crippen molar-refractivity contribution in [2.45, 2.75) is 26.8 Å². The molecule has 0 saturated heterocycles. The molecule has 1 atom stereocenters. The zero-order valence-electron chi connectivity index (χ0n) is 10.7. The van der Waals surface area contributed by atoms with Crippen LogP contribution in [0.3, 0.4) is 0 Å². The number of anilines is 1. The summed E-state index contributed by atoms with van der Waals surface area (Å²) in [4.78, 5) is 23.2. The highest BCUT2D eigenvalue weighted by Gasteiger charge is 2.17. The molecule has 98 valence electrons. The van der Waals surface area contributed by atoms with Crippen molar-refractivity contribution in [3.8, 4) is 0 Å². The van der Waals surface area contributed by atoms with Crippen LogP contribution in [0.2, 0.25) is 0 Å². The number of rotatable bonds is 3. The maximum atomic E-state index is 11.6. The lowest BCUT2D eigenvalue weighted by Gasteiger charge is -2.16. The number of hydrogen-bond acceptors (Lipinski definition) is 2. The number of amides is 2. The first kappa shape index (κ1) is 14.9. The van der Waals surface area contributed by atoms with Gasteiger partial charge in [0.1, 0.15) is 0 Å². The third kappa shape index (κ3) is 4.64. The van der Waals surface area contributed by atoms with E-state index in [1.165, 1.54) is 0 Å². The molecule has 5 heteroatoms. The van der Waals surface area contributed by atoms with Gasteiger partial charge in [0, 0.05) is 15.3 Å². The number of hydrogen-bond donors (Lipinski definition) is 2. The van der Waals surface area contributed by atoms with Gasteiger partial charge in [0.05, 0.1) is 0 Å². The van der Waals surface area contributed by atoms with Crippen molar-refractivity contribution in [2.24, 2.45) is 5.92 Å². The van der Waals surface area contributed by atoms with Gasteiger partial charge >= 0.3 is 11.8 Å². The first-order chi connectivity index (χ1) is 8.40. The van der Waals surface area contributed by atoms with Crippen LogP contribution in [0.4, 0.5) is 5.69 Å². The van der Waals surface area contributed by atoms with E-state index in [-0.39, 0.29) is 6.04 Å². The highest BCUT2D eigenvalue weighted by atomic mass is 127. The Balaban J connectivity index is 2.55. The molecule has 2 N–H and O–H groups in total. The molecule has 0 aliphatic carbocycles. The highest BCUT2D eigenvalue weighted by Crippen LogP contribution is 2.11. The Morgan fingerprint density at radius 2 is 1.61 bits per heavy atom. The van der Waals surface area contributed by atoms with Crippen LogP contribution in [0.5, 0.6) is 0 Å². The molecule has 2 amide bonds. The average molecular weight is 360 g/mol. The molecule has 0 radical (unpaired) electrons. The minimum Gasteiger partial charge on any atom is -0.345 e. The molecule has 0 fully saturated rings. The van der Waals surface area contributed by atoms with Gasteiger partial charge in [-0.15, -0.1) is 0 Å². The van der Waals surface area contributed by atoms with Crippen LogP contribution < -0.4 is 10.6 Å². The third-order valence-electron chi connectivity index (χ3n) is 2.67. The predicted molar refractivity (Wildman–Crippen MR) is 80.2 cm³/mol. The predicted octanol–water partition coefficient (Wildman–Crippen LogP) is 2.39. The van der Waals surface area contributed by atoms with Gasteiger partial charge in [-0.2, -0.15) is 0 Å². The smallest absolute Gasteiger partial charge is 0.313 e. The van der Waals surface area contributed by atoms with Gasteiger partial charge in [0.25, 0.3) is 0 Å². The fraction of sp³-hybridized carbons (Fsp3) is 0.385. The number of halogens is 1. The lowest BCUT2D eigenvalue weighted by molar-refractivity contribution is -0.136. The minimum absolute atomic E-state index is 0.0278. The van der Waals surface area contributed by atoms with Crippen molar-refractivity contribution >= 4 is 40.1 Å². The summed E-state index contributed by atoms with van der Waals surface area (Å²) in [5.41, 5.74) is 0.618.